The van der Waals surface area contributed by atoms with Gasteiger partial charge in [-0.2, -0.15) is 13.9 Å². The lowest BCUT2D eigenvalue weighted by Gasteiger charge is -2.29. The standard InChI is InChI=1S/C22H26F2N6O3/c1-14(28-20(31)22(2,23)24)19(16-11-25-21(32-3)26-12-16)30-18-5-4-17(10-15(18)13-27-30)29-6-8-33-9-7-29/h4-5,10-14,19H,6-9H2,1-3H3,(H,28,31)/t14-,19-/m0/s1. The van der Waals surface area contributed by atoms with Crippen molar-refractivity contribution in [3.8, 4) is 6.01 Å². The number of halogens is 2. The molecule has 0 spiro atoms. The van der Waals surface area contributed by atoms with Crippen LogP contribution in [-0.2, 0) is 9.53 Å². The predicted octanol–water partition coefficient (Wildman–Crippen LogP) is 2.42. The van der Waals surface area contributed by atoms with E-state index in [4.69, 9.17) is 9.47 Å². The maximum atomic E-state index is 13.6. The molecule has 1 N–H and O–H groups in total. The molecule has 4 rings (SSSR count). The Balaban J connectivity index is 1.71. The largest absolute Gasteiger partial charge is 0.467 e. The van der Waals surface area contributed by atoms with Crippen LogP contribution in [0.15, 0.2) is 36.8 Å². The zero-order valence-corrected chi connectivity index (χ0v) is 18.7. The zero-order valence-electron chi connectivity index (χ0n) is 18.7. The van der Waals surface area contributed by atoms with Crippen LogP contribution >= 0.6 is 0 Å². The van der Waals surface area contributed by atoms with E-state index in [1.54, 1.807) is 30.2 Å². The predicted molar refractivity (Wildman–Crippen MR) is 118 cm³/mol. The van der Waals surface area contributed by atoms with E-state index in [-0.39, 0.29) is 6.01 Å². The van der Waals surface area contributed by atoms with E-state index < -0.39 is 23.9 Å². The molecule has 2 aromatic heterocycles. The number of amides is 1. The Morgan fingerprint density at radius 3 is 2.55 bits per heavy atom. The molecule has 1 aliphatic rings. The van der Waals surface area contributed by atoms with Crippen LogP contribution in [0.1, 0.15) is 25.5 Å². The van der Waals surface area contributed by atoms with Gasteiger partial charge in [0, 0.05) is 49.0 Å². The minimum absolute atomic E-state index is 0.176. The van der Waals surface area contributed by atoms with Crippen molar-refractivity contribution in [2.75, 3.05) is 38.3 Å². The second kappa shape index (κ2) is 9.26. The van der Waals surface area contributed by atoms with Gasteiger partial charge in [0.1, 0.15) is 6.04 Å². The number of carbonyl (C=O) groups excluding carboxylic acids is 1. The van der Waals surface area contributed by atoms with E-state index in [1.165, 1.54) is 7.11 Å². The average molecular weight is 460 g/mol. The number of ether oxygens (including phenoxy) is 2. The van der Waals surface area contributed by atoms with Crippen molar-refractivity contribution >= 4 is 22.5 Å². The molecule has 1 fully saturated rings. The molecule has 9 nitrogen and oxygen atoms in total. The summed E-state index contributed by atoms with van der Waals surface area (Å²) in [4.78, 5) is 22.5. The first-order valence-electron chi connectivity index (χ1n) is 10.6. The van der Waals surface area contributed by atoms with Crippen LogP contribution in [0.25, 0.3) is 10.9 Å². The molecular formula is C22H26F2N6O3. The van der Waals surface area contributed by atoms with Crippen molar-refractivity contribution in [2.24, 2.45) is 0 Å². The molecule has 1 amide bonds. The van der Waals surface area contributed by atoms with Gasteiger partial charge in [-0.3, -0.25) is 9.48 Å². The van der Waals surface area contributed by atoms with Gasteiger partial charge in [-0.15, -0.1) is 0 Å². The summed E-state index contributed by atoms with van der Waals surface area (Å²) in [6, 6.07) is 4.78. The average Bonchev–Trinajstić information content (AvgIpc) is 3.22. The van der Waals surface area contributed by atoms with Crippen molar-refractivity contribution in [3.05, 3.63) is 42.4 Å². The Labute approximate surface area is 189 Å². The van der Waals surface area contributed by atoms with Crippen LogP contribution in [0.5, 0.6) is 6.01 Å². The molecule has 176 valence electrons. The smallest absolute Gasteiger partial charge is 0.321 e. The fraction of sp³-hybridized carbons (Fsp3) is 0.455. The lowest BCUT2D eigenvalue weighted by atomic mass is 10.0. The monoisotopic (exact) mass is 460 g/mol. The van der Waals surface area contributed by atoms with Gasteiger partial charge in [-0.25, -0.2) is 9.97 Å². The van der Waals surface area contributed by atoms with Crippen LogP contribution in [0.3, 0.4) is 0 Å². The van der Waals surface area contributed by atoms with Gasteiger partial charge in [0.25, 0.3) is 5.91 Å². The number of alkyl halides is 2. The molecule has 0 aliphatic carbocycles. The summed E-state index contributed by atoms with van der Waals surface area (Å²) in [5, 5.41) is 7.83. The quantitative estimate of drug-likeness (QED) is 0.579. The molecular weight excluding hydrogens is 434 g/mol. The molecule has 0 saturated carbocycles. The van der Waals surface area contributed by atoms with E-state index in [0.717, 1.165) is 29.7 Å². The summed E-state index contributed by atoms with van der Waals surface area (Å²) in [6.45, 7) is 5.18. The number of rotatable bonds is 7. The van der Waals surface area contributed by atoms with Crippen LogP contribution in [0, 0.1) is 0 Å². The maximum Gasteiger partial charge on any atom is 0.321 e. The molecule has 1 saturated heterocycles. The van der Waals surface area contributed by atoms with Crippen LogP contribution in [0.2, 0.25) is 0 Å². The Bertz CT molecular complexity index is 1110. The first-order chi connectivity index (χ1) is 15.8. The molecule has 1 aliphatic heterocycles. The van der Waals surface area contributed by atoms with Crippen LogP contribution in [0.4, 0.5) is 14.5 Å². The summed E-state index contributed by atoms with van der Waals surface area (Å²) >= 11 is 0. The van der Waals surface area contributed by atoms with Gasteiger partial charge in [-0.05, 0) is 25.1 Å². The van der Waals surface area contributed by atoms with E-state index in [2.05, 4.69) is 25.3 Å². The van der Waals surface area contributed by atoms with Crippen LogP contribution < -0.4 is 15.0 Å². The number of anilines is 1. The summed E-state index contributed by atoms with van der Waals surface area (Å²) in [5.41, 5.74) is 2.43. The van der Waals surface area contributed by atoms with E-state index in [1.807, 2.05) is 18.2 Å². The molecule has 3 aromatic rings. The Kier molecular flexibility index (Phi) is 6.41. The molecule has 3 heterocycles. The first-order valence-corrected chi connectivity index (χ1v) is 10.6. The number of fused-ring (bicyclic) bond motifs is 1. The second-order valence-corrected chi connectivity index (χ2v) is 8.03. The molecule has 0 unspecified atom stereocenters. The number of nitrogens with one attached hydrogen (secondary N) is 1. The third-order valence-electron chi connectivity index (χ3n) is 5.62. The summed E-state index contributed by atoms with van der Waals surface area (Å²) in [5.74, 6) is -4.87. The number of benzene rings is 1. The highest BCUT2D eigenvalue weighted by atomic mass is 19.3. The van der Waals surface area contributed by atoms with E-state index >= 15 is 0 Å². The molecule has 0 bridgehead atoms. The lowest BCUT2D eigenvalue weighted by molar-refractivity contribution is -0.143. The molecule has 11 heteroatoms. The number of carbonyl (C=O) groups is 1. The number of hydrogen-bond acceptors (Lipinski definition) is 7. The minimum atomic E-state index is -3.51. The van der Waals surface area contributed by atoms with Gasteiger partial charge in [-0.1, -0.05) is 0 Å². The summed E-state index contributed by atoms with van der Waals surface area (Å²) < 4.78 is 39.3. The lowest BCUT2D eigenvalue weighted by Crippen LogP contribution is -2.46. The number of aromatic nitrogens is 4. The van der Waals surface area contributed by atoms with Gasteiger partial charge in [0.15, 0.2) is 0 Å². The topological polar surface area (TPSA) is 94.4 Å². The van der Waals surface area contributed by atoms with Crippen molar-refractivity contribution in [1.82, 2.24) is 25.1 Å². The molecule has 2 atom stereocenters. The SMILES string of the molecule is COc1ncc([C@H]([C@H](C)NC(=O)C(C)(F)F)n2ncc3cc(N4CCOCC4)ccc32)cn1. The maximum absolute atomic E-state index is 13.6. The van der Waals surface area contributed by atoms with Crippen molar-refractivity contribution in [1.29, 1.82) is 0 Å². The zero-order chi connectivity index (χ0) is 23.6. The number of morpholine rings is 1. The molecule has 0 radical (unpaired) electrons. The normalized spacial score (nSPS) is 16.5. The number of nitrogens with zero attached hydrogens (tertiary/aromatic N) is 5. The van der Waals surface area contributed by atoms with Gasteiger partial charge in [0.05, 0.1) is 38.1 Å². The van der Waals surface area contributed by atoms with Gasteiger partial charge in [0.2, 0.25) is 0 Å². The molecule has 1 aromatic carbocycles. The Hall–Kier alpha value is -3.34. The Morgan fingerprint density at radius 2 is 1.91 bits per heavy atom. The van der Waals surface area contributed by atoms with Crippen LogP contribution in [-0.4, -0.2) is 71.0 Å². The second-order valence-electron chi connectivity index (χ2n) is 8.03. The van der Waals surface area contributed by atoms with Gasteiger partial charge >= 0.3 is 11.9 Å². The van der Waals surface area contributed by atoms with E-state index in [0.29, 0.717) is 25.7 Å². The molecule has 33 heavy (non-hydrogen) atoms. The van der Waals surface area contributed by atoms with Crippen molar-refractivity contribution in [3.63, 3.8) is 0 Å². The fourth-order valence-electron chi connectivity index (χ4n) is 3.92. The minimum Gasteiger partial charge on any atom is -0.467 e. The summed E-state index contributed by atoms with van der Waals surface area (Å²) in [7, 11) is 1.45. The van der Waals surface area contributed by atoms with E-state index in [9.17, 15) is 13.6 Å². The third kappa shape index (κ3) is 4.87. The van der Waals surface area contributed by atoms with Crippen molar-refractivity contribution in [2.45, 2.75) is 31.9 Å². The number of methoxy groups -OCH3 is 1. The van der Waals surface area contributed by atoms with Crippen molar-refractivity contribution < 1.29 is 23.0 Å². The highest BCUT2D eigenvalue weighted by Gasteiger charge is 2.35. The summed E-state index contributed by atoms with van der Waals surface area (Å²) in [6.07, 6.45) is 4.80. The third-order valence-corrected chi connectivity index (χ3v) is 5.62. The first kappa shape index (κ1) is 22.8. The Morgan fingerprint density at radius 1 is 1.21 bits per heavy atom. The van der Waals surface area contributed by atoms with Gasteiger partial charge < -0.3 is 19.7 Å². The highest BCUT2D eigenvalue weighted by Crippen LogP contribution is 2.29. The fourth-order valence-corrected chi connectivity index (χ4v) is 3.92. The number of hydrogen-bond donors (Lipinski definition) is 1. The highest BCUT2D eigenvalue weighted by molar-refractivity contribution is 5.84.